The molecule has 0 aliphatic heterocycles. The van der Waals surface area contributed by atoms with Crippen LogP contribution < -0.4 is 10.3 Å². The standard InChI is InChI=1S/C14H12Cl2N2O2S/c15-13-7-6-12(10-14(13)16)17-18-21(19,20)9-8-11-4-2-1-3-5-11/h1-10,17-18H/b9-8+. The second kappa shape index (κ2) is 6.95. The van der Waals surface area contributed by atoms with E-state index in [0.717, 1.165) is 11.0 Å². The van der Waals surface area contributed by atoms with E-state index in [2.05, 4.69) is 10.3 Å². The number of nitrogens with one attached hydrogen (secondary N) is 2. The van der Waals surface area contributed by atoms with Crippen LogP contribution in [0.3, 0.4) is 0 Å². The largest absolute Gasteiger partial charge is 0.308 e. The first-order valence-corrected chi connectivity index (χ1v) is 8.22. The number of anilines is 1. The Morgan fingerprint density at radius 2 is 1.67 bits per heavy atom. The van der Waals surface area contributed by atoms with Crippen LogP contribution in [0.4, 0.5) is 5.69 Å². The first-order chi connectivity index (χ1) is 9.96. The first-order valence-electron chi connectivity index (χ1n) is 5.92. The van der Waals surface area contributed by atoms with Crippen molar-refractivity contribution < 1.29 is 8.42 Å². The lowest BCUT2D eigenvalue weighted by Crippen LogP contribution is -2.27. The summed E-state index contributed by atoms with van der Waals surface area (Å²) in [5.74, 6) is 0. The summed E-state index contributed by atoms with van der Waals surface area (Å²) in [5.41, 5.74) is 3.83. The van der Waals surface area contributed by atoms with Crippen molar-refractivity contribution >= 4 is 45.0 Å². The SMILES string of the molecule is O=S(=O)(/C=C/c1ccccc1)NNc1ccc(Cl)c(Cl)c1. The van der Waals surface area contributed by atoms with Gasteiger partial charge >= 0.3 is 0 Å². The molecule has 0 aliphatic rings. The summed E-state index contributed by atoms with van der Waals surface area (Å²) >= 11 is 11.6. The molecule has 0 aromatic heterocycles. The molecule has 2 aromatic rings. The van der Waals surface area contributed by atoms with Gasteiger partial charge in [0.2, 0.25) is 10.0 Å². The van der Waals surface area contributed by atoms with Crippen LogP contribution in [-0.4, -0.2) is 8.42 Å². The van der Waals surface area contributed by atoms with Crippen molar-refractivity contribution in [3.63, 3.8) is 0 Å². The van der Waals surface area contributed by atoms with Crippen molar-refractivity contribution in [2.24, 2.45) is 0 Å². The molecule has 0 saturated heterocycles. The minimum absolute atomic E-state index is 0.334. The van der Waals surface area contributed by atoms with Crippen molar-refractivity contribution in [1.82, 2.24) is 4.83 Å². The molecule has 2 aromatic carbocycles. The highest BCUT2D eigenvalue weighted by molar-refractivity contribution is 7.92. The summed E-state index contributed by atoms with van der Waals surface area (Å²) in [6.07, 6.45) is 1.50. The van der Waals surface area contributed by atoms with Gasteiger partial charge in [-0.05, 0) is 29.8 Å². The molecule has 0 atom stereocenters. The van der Waals surface area contributed by atoms with Gasteiger partial charge in [-0.3, -0.25) is 0 Å². The second-order valence-corrected chi connectivity index (χ2v) is 6.50. The molecule has 0 bridgehead atoms. The first kappa shape index (κ1) is 15.9. The summed E-state index contributed by atoms with van der Waals surface area (Å²) in [7, 11) is -3.62. The Morgan fingerprint density at radius 3 is 2.33 bits per heavy atom. The smallest absolute Gasteiger partial charge is 0.250 e. The molecule has 4 nitrogen and oxygen atoms in total. The van der Waals surface area contributed by atoms with E-state index in [1.54, 1.807) is 24.3 Å². The van der Waals surface area contributed by atoms with Gasteiger partial charge in [0.1, 0.15) is 0 Å². The molecule has 2 rings (SSSR count). The molecule has 0 heterocycles. The van der Waals surface area contributed by atoms with Gasteiger partial charge < -0.3 is 5.43 Å². The Labute approximate surface area is 133 Å². The fraction of sp³-hybridized carbons (Fsp3) is 0. The fourth-order valence-corrected chi connectivity index (χ4v) is 2.43. The molecule has 0 saturated carbocycles. The molecule has 110 valence electrons. The van der Waals surface area contributed by atoms with Crippen molar-refractivity contribution in [2.75, 3.05) is 5.43 Å². The van der Waals surface area contributed by atoms with Gasteiger partial charge in [-0.15, -0.1) is 4.83 Å². The quantitative estimate of drug-likeness (QED) is 0.810. The van der Waals surface area contributed by atoms with Crippen LogP contribution in [0.2, 0.25) is 10.0 Å². The topological polar surface area (TPSA) is 58.2 Å². The molecule has 7 heteroatoms. The van der Waals surface area contributed by atoms with Crippen molar-refractivity contribution in [3.05, 3.63) is 69.5 Å². The monoisotopic (exact) mass is 342 g/mol. The van der Waals surface area contributed by atoms with Crippen LogP contribution in [0, 0.1) is 0 Å². The van der Waals surface area contributed by atoms with E-state index in [-0.39, 0.29) is 0 Å². The number of sulfonamides is 1. The van der Waals surface area contributed by atoms with Crippen molar-refractivity contribution in [1.29, 1.82) is 0 Å². The third-order valence-corrected chi connectivity index (χ3v) is 4.12. The van der Waals surface area contributed by atoms with Gasteiger partial charge in [0.15, 0.2) is 0 Å². The summed E-state index contributed by atoms with van der Waals surface area (Å²) in [4.78, 5) is 2.23. The highest BCUT2D eigenvalue weighted by Crippen LogP contribution is 2.24. The Hall–Kier alpha value is -1.53. The number of hydrogen-bond acceptors (Lipinski definition) is 3. The zero-order valence-corrected chi connectivity index (χ0v) is 13.1. The van der Waals surface area contributed by atoms with Crippen LogP contribution in [0.5, 0.6) is 0 Å². The molecule has 0 radical (unpaired) electrons. The van der Waals surface area contributed by atoms with Gasteiger partial charge in [-0.2, -0.15) is 0 Å². The van der Waals surface area contributed by atoms with Crippen LogP contribution in [0.1, 0.15) is 5.56 Å². The molecule has 0 aliphatic carbocycles. The molecule has 21 heavy (non-hydrogen) atoms. The lowest BCUT2D eigenvalue weighted by molar-refractivity contribution is 0.597. The maximum Gasteiger partial charge on any atom is 0.250 e. The highest BCUT2D eigenvalue weighted by Gasteiger charge is 2.05. The Morgan fingerprint density at radius 1 is 0.952 bits per heavy atom. The van der Waals surface area contributed by atoms with Gasteiger partial charge in [0.05, 0.1) is 15.7 Å². The number of benzene rings is 2. The van der Waals surface area contributed by atoms with E-state index in [1.165, 1.54) is 12.1 Å². The van der Waals surface area contributed by atoms with E-state index in [9.17, 15) is 8.42 Å². The average Bonchev–Trinajstić information content (AvgIpc) is 2.48. The lowest BCUT2D eigenvalue weighted by atomic mass is 10.2. The van der Waals surface area contributed by atoms with E-state index < -0.39 is 10.0 Å². The van der Waals surface area contributed by atoms with Crippen LogP contribution >= 0.6 is 23.2 Å². The van der Waals surface area contributed by atoms with Gasteiger partial charge in [-0.25, -0.2) is 8.42 Å². The normalized spacial score (nSPS) is 11.7. The average molecular weight is 343 g/mol. The summed E-state index contributed by atoms with van der Waals surface area (Å²) in [5, 5.41) is 1.81. The minimum Gasteiger partial charge on any atom is -0.308 e. The molecule has 0 unspecified atom stereocenters. The predicted octanol–water partition coefficient (Wildman–Crippen LogP) is 3.91. The predicted molar refractivity (Wildman–Crippen MR) is 87.6 cm³/mol. The zero-order chi connectivity index (χ0) is 15.3. The second-order valence-electron chi connectivity index (χ2n) is 4.11. The zero-order valence-electron chi connectivity index (χ0n) is 10.8. The Kier molecular flexibility index (Phi) is 5.25. The molecule has 0 fully saturated rings. The van der Waals surface area contributed by atoms with Crippen LogP contribution in [-0.2, 0) is 10.0 Å². The number of hydrazine groups is 1. The van der Waals surface area contributed by atoms with Crippen molar-refractivity contribution in [3.8, 4) is 0 Å². The van der Waals surface area contributed by atoms with Crippen LogP contribution in [0.25, 0.3) is 6.08 Å². The third-order valence-electron chi connectivity index (χ3n) is 2.50. The Balaban J connectivity index is 2.01. The third kappa shape index (κ3) is 5.06. The number of hydrogen-bond donors (Lipinski definition) is 2. The fourth-order valence-electron chi connectivity index (χ4n) is 1.47. The summed E-state index contributed by atoms with van der Waals surface area (Å²) < 4.78 is 23.6. The maximum absolute atomic E-state index is 11.8. The van der Waals surface area contributed by atoms with E-state index >= 15 is 0 Å². The molecular weight excluding hydrogens is 331 g/mol. The molecule has 2 N–H and O–H groups in total. The van der Waals surface area contributed by atoms with Gasteiger partial charge in [-0.1, -0.05) is 53.5 Å². The lowest BCUT2D eigenvalue weighted by Gasteiger charge is -2.07. The number of rotatable bonds is 5. The Bertz CT molecular complexity index is 747. The molecule has 0 amide bonds. The number of halogens is 2. The molecule has 0 spiro atoms. The van der Waals surface area contributed by atoms with E-state index in [0.29, 0.717) is 15.7 Å². The van der Waals surface area contributed by atoms with Crippen molar-refractivity contribution in [2.45, 2.75) is 0 Å². The summed E-state index contributed by atoms with van der Waals surface area (Å²) in [6.45, 7) is 0. The highest BCUT2D eigenvalue weighted by atomic mass is 35.5. The maximum atomic E-state index is 11.8. The summed E-state index contributed by atoms with van der Waals surface area (Å²) in [6, 6.07) is 13.8. The minimum atomic E-state index is -3.62. The van der Waals surface area contributed by atoms with Gasteiger partial charge in [0.25, 0.3) is 0 Å². The van der Waals surface area contributed by atoms with E-state index in [1.807, 2.05) is 18.2 Å². The molecular formula is C14H12Cl2N2O2S. The van der Waals surface area contributed by atoms with Crippen LogP contribution in [0.15, 0.2) is 53.9 Å². The van der Waals surface area contributed by atoms with Gasteiger partial charge in [0, 0.05) is 5.41 Å². The van der Waals surface area contributed by atoms with E-state index in [4.69, 9.17) is 23.2 Å².